The number of hydrogen-bond donors (Lipinski definition) is 1. The number of ketones is 1. The summed E-state index contributed by atoms with van der Waals surface area (Å²) in [5.74, 6) is 0.254. The first-order valence-electron chi connectivity index (χ1n) is 5.16. The van der Waals surface area contributed by atoms with Crippen LogP contribution < -0.4 is 5.32 Å². The fourth-order valence-corrected chi connectivity index (χ4v) is 3.83. The lowest BCUT2D eigenvalue weighted by Gasteiger charge is -2.26. The second-order valence-electron chi connectivity index (χ2n) is 3.97. The van der Waals surface area contributed by atoms with Gasteiger partial charge in [-0.15, -0.1) is 11.3 Å². The van der Waals surface area contributed by atoms with Gasteiger partial charge >= 0.3 is 0 Å². The molecular weight excluding hydrogens is 274 g/mol. The van der Waals surface area contributed by atoms with Crippen LogP contribution in [0, 0.1) is 0 Å². The fourth-order valence-electron chi connectivity index (χ4n) is 2.24. The third-order valence-electron chi connectivity index (χ3n) is 3.19. The normalized spacial score (nSPS) is 19.3. The minimum atomic E-state index is -0.298. The van der Waals surface area contributed by atoms with Crippen LogP contribution in [-0.2, 0) is 0 Å². The van der Waals surface area contributed by atoms with Gasteiger partial charge in [-0.2, -0.15) is 0 Å². The highest BCUT2D eigenvalue weighted by Crippen LogP contribution is 2.35. The van der Waals surface area contributed by atoms with Crippen LogP contribution in [0.2, 0.25) is 0 Å². The van der Waals surface area contributed by atoms with Gasteiger partial charge in [-0.1, -0.05) is 12.8 Å². The van der Waals surface area contributed by atoms with Crippen LogP contribution in [0.1, 0.15) is 35.4 Å². The minimum Gasteiger partial charge on any atom is -0.308 e. The van der Waals surface area contributed by atoms with Gasteiger partial charge in [-0.3, -0.25) is 4.79 Å². The van der Waals surface area contributed by atoms with Crippen molar-refractivity contribution in [3.05, 3.63) is 20.8 Å². The molecule has 1 aliphatic carbocycles. The summed E-state index contributed by atoms with van der Waals surface area (Å²) in [6.07, 6.45) is 4.23. The zero-order chi connectivity index (χ0) is 10.9. The van der Waals surface area contributed by atoms with Gasteiger partial charge < -0.3 is 5.32 Å². The van der Waals surface area contributed by atoms with E-state index >= 15 is 0 Å². The number of likely N-dealkylation sites (N-methyl/N-ethyl adjacent to an activating group) is 1. The molecular formula is C11H14BrNOS. The maximum atomic E-state index is 12.4. The van der Waals surface area contributed by atoms with Gasteiger partial charge in [0.05, 0.1) is 10.4 Å². The van der Waals surface area contributed by atoms with Gasteiger partial charge in [-0.05, 0) is 47.3 Å². The monoisotopic (exact) mass is 287 g/mol. The molecule has 0 radical (unpaired) electrons. The molecule has 1 aliphatic rings. The Morgan fingerprint density at radius 2 is 2.20 bits per heavy atom. The third-order valence-corrected chi connectivity index (χ3v) is 5.03. The number of carbonyl (C=O) groups excluding carboxylic acids is 1. The summed E-state index contributed by atoms with van der Waals surface area (Å²) >= 11 is 4.95. The molecule has 2 nitrogen and oxygen atoms in total. The van der Waals surface area contributed by atoms with Crippen molar-refractivity contribution in [1.29, 1.82) is 0 Å². The lowest BCUT2D eigenvalue weighted by Crippen LogP contribution is -2.47. The van der Waals surface area contributed by atoms with Crippen LogP contribution in [0.25, 0.3) is 0 Å². The molecule has 1 saturated carbocycles. The topological polar surface area (TPSA) is 29.1 Å². The smallest absolute Gasteiger partial charge is 0.193 e. The van der Waals surface area contributed by atoms with Crippen LogP contribution >= 0.6 is 27.3 Å². The van der Waals surface area contributed by atoms with Gasteiger partial charge in [0.2, 0.25) is 0 Å². The van der Waals surface area contributed by atoms with Crippen molar-refractivity contribution in [3.63, 3.8) is 0 Å². The molecule has 1 aromatic rings. The lowest BCUT2D eigenvalue weighted by molar-refractivity contribution is 0.0866. The van der Waals surface area contributed by atoms with E-state index in [0.29, 0.717) is 0 Å². The van der Waals surface area contributed by atoms with E-state index in [2.05, 4.69) is 21.2 Å². The van der Waals surface area contributed by atoms with Gasteiger partial charge in [0.1, 0.15) is 0 Å². The van der Waals surface area contributed by atoms with Gasteiger partial charge in [0.15, 0.2) is 5.78 Å². The fraction of sp³-hybridized carbons (Fsp3) is 0.545. The summed E-state index contributed by atoms with van der Waals surface area (Å²) in [6, 6.07) is 1.94. The van der Waals surface area contributed by atoms with Crippen molar-refractivity contribution in [2.24, 2.45) is 0 Å². The van der Waals surface area contributed by atoms with Gasteiger partial charge in [-0.25, -0.2) is 0 Å². The Labute approximate surface area is 102 Å². The third kappa shape index (κ3) is 1.90. The highest BCUT2D eigenvalue weighted by atomic mass is 79.9. The van der Waals surface area contributed by atoms with Gasteiger partial charge in [0.25, 0.3) is 0 Å². The first-order chi connectivity index (χ1) is 7.19. The molecule has 1 heterocycles. The zero-order valence-electron chi connectivity index (χ0n) is 8.68. The van der Waals surface area contributed by atoms with E-state index in [-0.39, 0.29) is 11.3 Å². The summed E-state index contributed by atoms with van der Waals surface area (Å²) in [5.41, 5.74) is -0.298. The standard InChI is InChI=1S/C11H14BrNOS/c1-13-11(5-2-3-6-11)10(14)9-8(12)4-7-15-9/h4,7,13H,2-3,5-6H2,1H3. The first kappa shape index (κ1) is 11.3. The lowest BCUT2D eigenvalue weighted by atomic mass is 9.91. The quantitative estimate of drug-likeness (QED) is 0.865. The van der Waals surface area contributed by atoms with Crippen molar-refractivity contribution in [1.82, 2.24) is 5.32 Å². The molecule has 1 fully saturated rings. The molecule has 0 aliphatic heterocycles. The van der Waals surface area contributed by atoms with Crippen LogP contribution in [0.5, 0.6) is 0 Å². The summed E-state index contributed by atoms with van der Waals surface area (Å²) in [7, 11) is 1.89. The summed E-state index contributed by atoms with van der Waals surface area (Å²) < 4.78 is 0.930. The van der Waals surface area contributed by atoms with E-state index in [1.165, 1.54) is 11.3 Å². The second kappa shape index (κ2) is 4.36. The Bertz CT molecular complexity index is 368. The number of thiophene rings is 1. The first-order valence-corrected chi connectivity index (χ1v) is 6.83. The summed E-state index contributed by atoms with van der Waals surface area (Å²) in [6.45, 7) is 0. The average molecular weight is 288 g/mol. The van der Waals surface area contributed by atoms with Crippen LogP contribution in [0.15, 0.2) is 15.9 Å². The number of carbonyl (C=O) groups is 1. The van der Waals surface area contributed by atoms with Crippen LogP contribution in [0.3, 0.4) is 0 Å². The Balaban J connectivity index is 2.30. The number of nitrogens with one attached hydrogen (secondary N) is 1. The number of rotatable bonds is 3. The largest absolute Gasteiger partial charge is 0.308 e. The zero-order valence-corrected chi connectivity index (χ0v) is 11.1. The second-order valence-corrected chi connectivity index (χ2v) is 5.74. The molecule has 15 heavy (non-hydrogen) atoms. The molecule has 1 aromatic heterocycles. The molecule has 4 heteroatoms. The van der Waals surface area contributed by atoms with E-state index in [1.807, 2.05) is 18.5 Å². The Morgan fingerprint density at radius 3 is 2.67 bits per heavy atom. The molecule has 0 atom stereocenters. The Morgan fingerprint density at radius 1 is 1.53 bits per heavy atom. The van der Waals surface area contributed by atoms with E-state index in [1.54, 1.807) is 0 Å². The maximum Gasteiger partial charge on any atom is 0.193 e. The van der Waals surface area contributed by atoms with E-state index in [9.17, 15) is 4.79 Å². The van der Waals surface area contributed by atoms with Crippen LogP contribution in [-0.4, -0.2) is 18.4 Å². The van der Waals surface area contributed by atoms with Crippen LogP contribution in [0.4, 0.5) is 0 Å². The number of hydrogen-bond acceptors (Lipinski definition) is 3. The molecule has 0 bridgehead atoms. The summed E-state index contributed by atoms with van der Waals surface area (Å²) in [4.78, 5) is 13.3. The molecule has 2 rings (SSSR count). The Kier molecular flexibility index (Phi) is 3.28. The SMILES string of the molecule is CNC1(C(=O)c2sccc2Br)CCCC1. The molecule has 1 N–H and O–H groups in total. The van der Waals surface area contributed by atoms with Crippen molar-refractivity contribution in [2.45, 2.75) is 31.2 Å². The summed E-state index contributed by atoms with van der Waals surface area (Å²) in [5, 5.41) is 5.18. The highest BCUT2D eigenvalue weighted by molar-refractivity contribution is 9.10. The number of Topliss-reactive ketones (excluding diaryl/α,β-unsaturated/α-hetero) is 1. The van der Waals surface area contributed by atoms with E-state index < -0.39 is 0 Å². The van der Waals surface area contributed by atoms with Crippen molar-refractivity contribution in [2.75, 3.05) is 7.05 Å². The Hall–Kier alpha value is -0.190. The predicted octanol–water partition coefficient (Wildman–Crippen LogP) is 3.23. The average Bonchev–Trinajstić information content (AvgIpc) is 2.86. The van der Waals surface area contributed by atoms with E-state index in [0.717, 1.165) is 35.0 Å². The molecule has 0 spiro atoms. The maximum absolute atomic E-state index is 12.4. The van der Waals surface area contributed by atoms with Crippen molar-refractivity contribution in [3.8, 4) is 0 Å². The van der Waals surface area contributed by atoms with Crippen molar-refractivity contribution >= 4 is 33.0 Å². The molecule has 0 saturated heterocycles. The predicted molar refractivity (Wildman–Crippen MR) is 66.6 cm³/mol. The minimum absolute atomic E-state index is 0.254. The van der Waals surface area contributed by atoms with Gasteiger partial charge in [0, 0.05) is 4.47 Å². The van der Waals surface area contributed by atoms with E-state index in [4.69, 9.17) is 0 Å². The molecule has 0 unspecified atom stereocenters. The number of halogens is 1. The molecule has 0 amide bonds. The highest BCUT2D eigenvalue weighted by Gasteiger charge is 2.40. The van der Waals surface area contributed by atoms with Crippen molar-refractivity contribution < 1.29 is 4.79 Å². The molecule has 0 aromatic carbocycles. The molecule has 82 valence electrons.